The molecule has 1 aromatic heterocycles. The highest BCUT2D eigenvalue weighted by molar-refractivity contribution is 5.95. The van der Waals surface area contributed by atoms with Crippen LogP contribution in [0.15, 0.2) is 48.5 Å². The molecule has 2 aromatic carbocycles. The van der Waals surface area contributed by atoms with Gasteiger partial charge in [0.2, 0.25) is 0 Å². The van der Waals surface area contributed by atoms with Gasteiger partial charge in [0.15, 0.2) is 6.61 Å². The average molecular weight is 393 g/mol. The Morgan fingerprint density at radius 2 is 1.72 bits per heavy atom. The first-order valence-electron chi connectivity index (χ1n) is 9.29. The SMILES string of the molecule is CCOc1ccc(NC(=O)COC(=O)c2ccc(-c3nc(C)c(C)[nH]3)cc2)cc1. The fourth-order valence-electron chi connectivity index (χ4n) is 2.66. The van der Waals surface area contributed by atoms with Gasteiger partial charge < -0.3 is 19.8 Å². The highest BCUT2D eigenvalue weighted by Crippen LogP contribution is 2.19. The van der Waals surface area contributed by atoms with Crippen molar-refractivity contribution in [1.82, 2.24) is 9.97 Å². The van der Waals surface area contributed by atoms with Crippen molar-refractivity contribution >= 4 is 17.6 Å². The fraction of sp³-hybridized carbons (Fsp3) is 0.227. The molecule has 3 aromatic rings. The second-order valence-corrected chi connectivity index (χ2v) is 6.45. The van der Waals surface area contributed by atoms with Crippen molar-refractivity contribution < 1.29 is 19.1 Å². The highest BCUT2D eigenvalue weighted by Gasteiger charge is 2.12. The number of aromatic amines is 1. The third-order valence-electron chi connectivity index (χ3n) is 4.31. The molecule has 0 radical (unpaired) electrons. The maximum absolute atomic E-state index is 12.2. The molecule has 0 fully saturated rings. The summed E-state index contributed by atoms with van der Waals surface area (Å²) < 4.78 is 10.4. The lowest BCUT2D eigenvalue weighted by Crippen LogP contribution is -2.20. The maximum Gasteiger partial charge on any atom is 0.338 e. The van der Waals surface area contributed by atoms with E-state index in [0.29, 0.717) is 17.9 Å². The van der Waals surface area contributed by atoms with Crippen LogP contribution in [0.5, 0.6) is 5.75 Å². The van der Waals surface area contributed by atoms with Crippen LogP contribution in [-0.4, -0.2) is 35.1 Å². The van der Waals surface area contributed by atoms with Gasteiger partial charge in [-0.1, -0.05) is 12.1 Å². The van der Waals surface area contributed by atoms with Crippen LogP contribution in [0.1, 0.15) is 28.7 Å². The van der Waals surface area contributed by atoms with Crippen LogP contribution in [0.4, 0.5) is 5.69 Å². The Kier molecular flexibility index (Phi) is 6.29. The molecule has 0 bridgehead atoms. The fourth-order valence-corrected chi connectivity index (χ4v) is 2.66. The molecular weight excluding hydrogens is 370 g/mol. The van der Waals surface area contributed by atoms with Crippen molar-refractivity contribution in [3.8, 4) is 17.1 Å². The van der Waals surface area contributed by atoms with Crippen LogP contribution >= 0.6 is 0 Å². The van der Waals surface area contributed by atoms with E-state index < -0.39 is 11.9 Å². The Balaban J connectivity index is 1.52. The topological polar surface area (TPSA) is 93.3 Å². The number of ether oxygens (including phenoxy) is 2. The number of anilines is 1. The van der Waals surface area contributed by atoms with Gasteiger partial charge in [0.1, 0.15) is 11.6 Å². The van der Waals surface area contributed by atoms with Crippen molar-refractivity contribution in [1.29, 1.82) is 0 Å². The van der Waals surface area contributed by atoms with Crippen molar-refractivity contribution in [2.75, 3.05) is 18.5 Å². The Hall–Kier alpha value is -3.61. The molecule has 3 rings (SSSR count). The summed E-state index contributed by atoms with van der Waals surface area (Å²) in [6, 6.07) is 13.8. The lowest BCUT2D eigenvalue weighted by molar-refractivity contribution is -0.119. The molecule has 0 saturated carbocycles. The molecule has 0 spiro atoms. The molecule has 150 valence electrons. The summed E-state index contributed by atoms with van der Waals surface area (Å²) in [5, 5.41) is 2.67. The molecular formula is C22H23N3O4. The first kappa shape index (κ1) is 20.1. The number of aryl methyl sites for hydroxylation is 2. The summed E-state index contributed by atoms with van der Waals surface area (Å²) in [6.07, 6.45) is 0. The zero-order valence-corrected chi connectivity index (χ0v) is 16.6. The van der Waals surface area contributed by atoms with E-state index in [1.54, 1.807) is 48.5 Å². The van der Waals surface area contributed by atoms with E-state index in [2.05, 4.69) is 15.3 Å². The summed E-state index contributed by atoms with van der Waals surface area (Å²) in [7, 11) is 0. The number of hydrogen-bond acceptors (Lipinski definition) is 5. The first-order valence-corrected chi connectivity index (χ1v) is 9.29. The van der Waals surface area contributed by atoms with E-state index in [1.165, 1.54) is 0 Å². The van der Waals surface area contributed by atoms with E-state index in [0.717, 1.165) is 28.5 Å². The Bertz CT molecular complexity index is 972. The average Bonchev–Trinajstić information content (AvgIpc) is 3.06. The monoisotopic (exact) mass is 393 g/mol. The van der Waals surface area contributed by atoms with Crippen molar-refractivity contribution in [3.05, 3.63) is 65.5 Å². The minimum Gasteiger partial charge on any atom is -0.494 e. The molecule has 1 heterocycles. The zero-order valence-electron chi connectivity index (χ0n) is 16.6. The molecule has 29 heavy (non-hydrogen) atoms. The molecule has 7 heteroatoms. The van der Waals surface area contributed by atoms with Crippen molar-refractivity contribution in [2.45, 2.75) is 20.8 Å². The Morgan fingerprint density at radius 1 is 1.03 bits per heavy atom. The molecule has 0 atom stereocenters. The maximum atomic E-state index is 12.2. The number of nitrogens with zero attached hydrogens (tertiary/aromatic N) is 1. The second kappa shape index (κ2) is 9.05. The minimum atomic E-state index is -0.565. The van der Waals surface area contributed by atoms with Crippen LogP contribution in [0.25, 0.3) is 11.4 Å². The summed E-state index contributed by atoms with van der Waals surface area (Å²) in [5.74, 6) is 0.487. The summed E-state index contributed by atoms with van der Waals surface area (Å²) in [6.45, 7) is 5.99. The Morgan fingerprint density at radius 3 is 2.31 bits per heavy atom. The van der Waals surface area contributed by atoms with Crippen LogP contribution in [-0.2, 0) is 9.53 Å². The predicted octanol–water partition coefficient (Wildman–Crippen LogP) is 3.89. The van der Waals surface area contributed by atoms with Gasteiger partial charge in [-0.15, -0.1) is 0 Å². The molecule has 1 amide bonds. The summed E-state index contributed by atoms with van der Waals surface area (Å²) in [5.41, 5.74) is 3.76. The summed E-state index contributed by atoms with van der Waals surface area (Å²) in [4.78, 5) is 31.8. The quantitative estimate of drug-likeness (QED) is 0.594. The zero-order chi connectivity index (χ0) is 20.8. The molecule has 0 unspecified atom stereocenters. The number of hydrogen-bond donors (Lipinski definition) is 2. The highest BCUT2D eigenvalue weighted by atomic mass is 16.5. The van der Waals surface area contributed by atoms with E-state index >= 15 is 0 Å². The van der Waals surface area contributed by atoms with Crippen LogP contribution in [0, 0.1) is 13.8 Å². The lowest BCUT2D eigenvalue weighted by atomic mass is 10.1. The number of esters is 1. The third-order valence-corrected chi connectivity index (χ3v) is 4.31. The number of imidazole rings is 1. The lowest BCUT2D eigenvalue weighted by Gasteiger charge is -2.08. The molecule has 0 aliphatic carbocycles. The minimum absolute atomic E-state index is 0.364. The number of nitrogens with one attached hydrogen (secondary N) is 2. The van der Waals surface area contributed by atoms with E-state index in [9.17, 15) is 9.59 Å². The number of carbonyl (C=O) groups excluding carboxylic acids is 2. The third kappa shape index (κ3) is 5.22. The van der Waals surface area contributed by atoms with Gasteiger partial charge in [0.25, 0.3) is 5.91 Å². The van der Waals surface area contributed by atoms with E-state index in [1.807, 2.05) is 20.8 Å². The molecule has 0 aliphatic heterocycles. The Labute approximate surface area is 169 Å². The number of benzene rings is 2. The van der Waals surface area contributed by atoms with E-state index in [-0.39, 0.29) is 6.61 Å². The first-order chi connectivity index (χ1) is 14.0. The van der Waals surface area contributed by atoms with Gasteiger partial charge in [-0.3, -0.25) is 4.79 Å². The largest absolute Gasteiger partial charge is 0.494 e. The smallest absolute Gasteiger partial charge is 0.338 e. The normalized spacial score (nSPS) is 10.4. The standard InChI is InChI=1S/C22H23N3O4/c1-4-28-19-11-9-18(10-12-19)25-20(26)13-29-22(27)17-7-5-16(6-8-17)21-23-14(2)15(3)24-21/h5-12H,4,13H2,1-3H3,(H,23,24)(H,25,26). The van der Waals surface area contributed by atoms with Crippen LogP contribution in [0.2, 0.25) is 0 Å². The summed E-state index contributed by atoms with van der Waals surface area (Å²) >= 11 is 0. The molecule has 7 nitrogen and oxygen atoms in total. The van der Waals surface area contributed by atoms with E-state index in [4.69, 9.17) is 9.47 Å². The number of rotatable bonds is 7. The molecule has 2 N–H and O–H groups in total. The van der Waals surface area contributed by atoms with Gasteiger partial charge in [-0.25, -0.2) is 9.78 Å². The van der Waals surface area contributed by atoms with Gasteiger partial charge in [-0.2, -0.15) is 0 Å². The van der Waals surface area contributed by atoms with Crippen molar-refractivity contribution in [3.63, 3.8) is 0 Å². The van der Waals surface area contributed by atoms with Gasteiger partial charge >= 0.3 is 5.97 Å². The van der Waals surface area contributed by atoms with Crippen LogP contribution < -0.4 is 10.1 Å². The van der Waals surface area contributed by atoms with Gasteiger partial charge in [0.05, 0.1) is 17.9 Å². The predicted molar refractivity (Wildman–Crippen MR) is 110 cm³/mol. The number of amides is 1. The number of H-pyrrole nitrogens is 1. The van der Waals surface area contributed by atoms with Gasteiger partial charge in [-0.05, 0) is 57.2 Å². The molecule has 0 saturated heterocycles. The van der Waals surface area contributed by atoms with Crippen LogP contribution in [0.3, 0.4) is 0 Å². The number of carbonyl (C=O) groups is 2. The van der Waals surface area contributed by atoms with Crippen molar-refractivity contribution in [2.24, 2.45) is 0 Å². The molecule has 0 aliphatic rings. The number of aromatic nitrogens is 2. The van der Waals surface area contributed by atoms with Gasteiger partial charge in [0, 0.05) is 16.9 Å². The second-order valence-electron chi connectivity index (χ2n) is 6.45.